The number of benzene rings is 1. The van der Waals surface area contributed by atoms with Gasteiger partial charge in [-0.2, -0.15) is 0 Å². The van der Waals surface area contributed by atoms with Gasteiger partial charge in [0.1, 0.15) is 0 Å². The monoisotopic (exact) mass is 215 g/mol. The van der Waals surface area contributed by atoms with Crippen LogP contribution >= 0.6 is 0 Å². The second kappa shape index (κ2) is 5.37. The molecule has 0 saturated carbocycles. The predicted octanol–water partition coefficient (Wildman–Crippen LogP) is 2.56. The smallest absolute Gasteiger partial charge is 0.252 e. The molecular weight excluding hydrogens is 198 g/mol. The average molecular weight is 215 g/mol. The van der Waals surface area contributed by atoms with Crippen molar-refractivity contribution in [3.05, 3.63) is 35.4 Å². The molecule has 0 aliphatic rings. The van der Waals surface area contributed by atoms with Gasteiger partial charge in [0.05, 0.1) is 6.04 Å². The van der Waals surface area contributed by atoms with Gasteiger partial charge in [-0.1, -0.05) is 31.9 Å². The summed E-state index contributed by atoms with van der Waals surface area (Å²) in [6.45, 7) is 6.02. The topological polar surface area (TPSA) is 29.1 Å². The van der Waals surface area contributed by atoms with Gasteiger partial charge in [0.15, 0.2) is 0 Å². The van der Waals surface area contributed by atoms with E-state index >= 15 is 0 Å². The lowest BCUT2D eigenvalue weighted by Gasteiger charge is -2.09. The standard InChI is InChI=1S/C14H17NO/c1-5-11(4)15-14(16)13-8-6-12(7-9-13)10(2)3/h1,6-11H,2-4H3,(H,15,16). The Morgan fingerprint density at radius 3 is 2.25 bits per heavy atom. The normalized spacial score (nSPS) is 11.9. The average Bonchev–Trinajstić information content (AvgIpc) is 2.28. The zero-order valence-corrected chi connectivity index (χ0v) is 9.95. The summed E-state index contributed by atoms with van der Waals surface area (Å²) in [6.07, 6.45) is 5.20. The van der Waals surface area contributed by atoms with Crippen LogP contribution in [0.3, 0.4) is 0 Å². The number of rotatable bonds is 3. The molecule has 1 amide bonds. The van der Waals surface area contributed by atoms with Crippen LogP contribution in [-0.2, 0) is 0 Å². The number of amides is 1. The predicted molar refractivity (Wildman–Crippen MR) is 66.3 cm³/mol. The lowest BCUT2D eigenvalue weighted by atomic mass is 10.0. The SMILES string of the molecule is C#CC(C)NC(=O)c1ccc(C(C)C)cc1. The Morgan fingerprint density at radius 1 is 1.25 bits per heavy atom. The van der Waals surface area contributed by atoms with Crippen LogP contribution in [0.15, 0.2) is 24.3 Å². The molecule has 2 nitrogen and oxygen atoms in total. The lowest BCUT2D eigenvalue weighted by molar-refractivity contribution is 0.0948. The van der Waals surface area contributed by atoms with Gasteiger partial charge in [-0.3, -0.25) is 4.79 Å². The summed E-state index contributed by atoms with van der Waals surface area (Å²) < 4.78 is 0. The number of hydrogen-bond acceptors (Lipinski definition) is 1. The second-order valence-corrected chi connectivity index (χ2v) is 4.14. The summed E-state index contributed by atoms with van der Waals surface area (Å²) >= 11 is 0. The molecule has 1 rings (SSSR count). The fourth-order valence-electron chi connectivity index (χ4n) is 1.34. The largest absolute Gasteiger partial charge is 0.339 e. The van der Waals surface area contributed by atoms with E-state index in [1.807, 2.05) is 24.3 Å². The molecular formula is C14H17NO. The minimum Gasteiger partial charge on any atom is -0.339 e. The van der Waals surface area contributed by atoms with Crippen LogP contribution in [0, 0.1) is 12.3 Å². The number of carbonyl (C=O) groups is 1. The van der Waals surface area contributed by atoms with Gasteiger partial charge in [-0.25, -0.2) is 0 Å². The Bertz CT molecular complexity index is 398. The van der Waals surface area contributed by atoms with Crippen molar-refractivity contribution in [2.24, 2.45) is 0 Å². The van der Waals surface area contributed by atoms with E-state index in [9.17, 15) is 4.79 Å². The molecule has 1 aromatic rings. The Hall–Kier alpha value is -1.75. The fraction of sp³-hybridized carbons (Fsp3) is 0.357. The van der Waals surface area contributed by atoms with E-state index in [0.717, 1.165) is 0 Å². The van der Waals surface area contributed by atoms with Crippen molar-refractivity contribution in [3.8, 4) is 12.3 Å². The Morgan fingerprint density at radius 2 is 1.81 bits per heavy atom. The molecule has 0 aromatic heterocycles. The highest BCUT2D eigenvalue weighted by molar-refractivity contribution is 5.94. The van der Waals surface area contributed by atoms with E-state index in [0.29, 0.717) is 11.5 Å². The van der Waals surface area contributed by atoms with E-state index in [2.05, 4.69) is 25.1 Å². The Labute approximate surface area is 97.1 Å². The van der Waals surface area contributed by atoms with Gasteiger partial charge in [0.25, 0.3) is 5.91 Å². The molecule has 2 heteroatoms. The van der Waals surface area contributed by atoms with Crippen molar-refractivity contribution in [1.29, 1.82) is 0 Å². The molecule has 0 spiro atoms. The molecule has 0 radical (unpaired) electrons. The second-order valence-electron chi connectivity index (χ2n) is 4.14. The van der Waals surface area contributed by atoms with E-state index < -0.39 is 0 Å². The molecule has 0 bridgehead atoms. The van der Waals surface area contributed by atoms with Gasteiger partial charge in [-0.05, 0) is 30.5 Å². The zero-order valence-electron chi connectivity index (χ0n) is 9.95. The van der Waals surface area contributed by atoms with Gasteiger partial charge in [0, 0.05) is 5.56 Å². The molecule has 1 unspecified atom stereocenters. The first kappa shape index (κ1) is 12.3. The highest BCUT2D eigenvalue weighted by atomic mass is 16.1. The highest BCUT2D eigenvalue weighted by Gasteiger charge is 2.08. The minimum atomic E-state index is -0.239. The quantitative estimate of drug-likeness (QED) is 0.771. The van der Waals surface area contributed by atoms with E-state index in [-0.39, 0.29) is 11.9 Å². The van der Waals surface area contributed by atoms with Crippen LogP contribution < -0.4 is 5.32 Å². The van der Waals surface area contributed by atoms with Crippen molar-refractivity contribution in [2.75, 3.05) is 0 Å². The van der Waals surface area contributed by atoms with Crippen LogP contribution in [0.25, 0.3) is 0 Å². The maximum atomic E-state index is 11.7. The molecule has 0 fully saturated rings. The third kappa shape index (κ3) is 3.13. The van der Waals surface area contributed by atoms with Crippen molar-refractivity contribution < 1.29 is 4.79 Å². The maximum absolute atomic E-state index is 11.7. The molecule has 0 aliphatic heterocycles. The first-order chi connectivity index (χ1) is 7.54. The number of carbonyl (C=O) groups excluding carboxylic acids is 1. The van der Waals surface area contributed by atoms with Crippen molar-refractivity contribution in [1.82, 2.24) is 5.32 Å². The summed E-state index contributed by atoms with van der Waals surface area (Å²) in [5.41, 5.74) is 1.87. The van der Waals surface area contributed by atoms with Gasteiger partial charge < -0.3 is 5.32 Å². The fourth-order valence-corrected chi connectivity index (χ4v) is 1.34. The van der Waals surface area contributed by atoms with Crippen LogP contribution in [0.5, 0.6) is 0 Å². The molecule has 0 aliphatic carbocycles. The highest BCUT2D eigenvalue weighted by Crippen LogP contribution is 2.14. The lowest BCUT2D eigenvalue weighted by Crippen LogP contribution is -2.31. The van der Waals surface area contributed by atoms with Gasteiger partial charge >= 0.3 is 0 Å². The number of terminal acetylenes is 1. The summed E-state index contributed by atoms with van der Waals surface area (Å²) in [5, 5.41) is 2.72. The molecule has 16 heavy (non-hydrogen) atoms. The Balaban J connectivity index is 2.75. The number of nitrogens with one attached hydrogen (secondary N) is 1. The first-order valence-corrected chi connectivity index (χ1v) is 5.41. The van der Waals surface area contributed by atoms with Crippen LogP contribution in [0.1, 0.15) is 42.6 Å². The third-order valence-corrected chi connectivity index (χ3v) is 2.44. The summed E-state index contributed by atoms with van der Waals surface area (Å²) in [6, 6.07) is 7.36. The van der Waals surface area contributed by atoms with E-state index in [4.69, 9.17) is 6.42 Å². The van der Waals surface area contributed by atoms with Gasteiger partial charge in [0.2, 0.25) is 0 Å². The van der Waals surface area contributed by atoms with Crippen LogP contribution in [0.2, 0.25) is 0 Å². The Kier molecular flexibility index (Phi) is 4.13. The molecule has 84 valence electrons. The maximum Gasteiger partial charge on any atom is 0.252 e. The van der Waals surface area contributed by atoms with E-state index in [1.165, 1.54) is 5.56 Å². The third-order valence-electron chi connectivity index (χ3n) is 2.44. The molecule has 0 heterocycles. The number of hydrogen-bond donors (Lipinski definition) is 1. The minimum absolute atomic E-state index is 0.124. The summed E-state index contributed by atoms with van der Waals surface area (Å²) in [4.78, 5) is 11.7. The van der Waals surface area contributed by atoms with Crippen molar-refractivity contribution in [3.63, 3.8) is 0 Å². The van der Waals surface area contributed by atoms with Crippen LogP contribution in [-0.4, -0.2) is 11.9 Å². The van der Waals surface area contributed by atoms with Crippen LogP contribution in [0.4, 0.5) is 0 Å². The molecule has 0 saturated heterocycles. The van der Waals surface area contributed by atoms with Crippen molar-refractivity contribution >= 4 is 5.91 Å². The zero-order chi connectivity index (χ0) is 12.1. The van der Waals surface area contributed by atoms with Crippen molar-refractivity contribution in [2.45, 2.75) is 32.7 Å². The first-order valence-electron chi connectivity index (χ1n) is 5.41. The summed E-state index contributed by atoms with van der Waals surface area (Å²) in [5.74, 6) is 2.81. The molecule has 1 atom stereocenters. The van der Waals surface area contributed by atoms with Gasteiger partial charge in [-0.15, -0.1) is 6.42 Å². The molecule has 1 N–H and O–H groups in total. The summed E-state index contributed by atoms with van der Waals surface area (Å²) in [7, 11) is 0. The van der Waals surface area contributed by atoms with E-state index in [1.54, 1.807) is 6.92 Å². The molecule has 1 aromatic carbocycles.